The lowest BCUT2D eigenvalue weighted by Gasteiger charge is -2.15. The van der Waals surface area contributed by atoms with Gasteiger partial charge in [0.05, 0.1) is 10.8 Å². The molecule has 0 saturated carbocycles. The van der Waals surface area contributed by atoms with E-state index in [2.05, 4.69) is 0 Å². The smallest absolute Gasteiger partial charge is 0.308 e. The van der Waals surface area contributed by atoms with Gasteiger partial charge >= 0.3 is 5.97 Å². The minimum atomic E-state index is -0.794. The Kier molecular flexibility index (Phi) is 3.80. The van der Waals surface area contributed by atoms with E-state index in [-0.39, 0.29) is 17.5 Å². The topological polar surface area (TPSA) is 83.7 Å². The van der Waals surface area contributed by atoms with Gasteiger partial charge in [0.15, 0.2) is 0 Å². The van der Waals surface area contributed by atoms with Crippen LogP contribution in [0.5, 0.6) is 0 Å². The van der Waals surface area contributed by atoms with Crippen LogP contribution < -0.4 is 0 Å². The molecule has 0 aliphatic carbocycles. The number of carboxylic acids is 1. The quantitative estimate of drug-likeness (QED) is 0.661. The molecule has 0 spiro atoms. The van der Waals surface area contributed by atoms with Crippen LogP contribution in [0.3, 0.4) is 0 Å². The standard InChI is InChI=1S/C13H16N2O4/c1-9-6-14(8-11(9)13(16)17)7-10-4-2-3-5-12(10)15(18)19/h2-5,9,11H,6-8H2,1H3,(H,16,17)/t9-,11-/m1/s1. The highest BCUT2D eigenvalue weighted by molar-refractivity contribution is 5.71. The monoisotopic (exact) mass is 264 g/mol. The summed E-state index contributed by atoms with van der Waals surface area (Å²) in [6.07, 6.45) is 0. The van der Waals surface area contributed by atoms with Crippen LogP contribution in [0.25, 0.3) is 0 Å². The van der Waals surface area contributed by atoms with Crippen LogP contribution >= 0.6 is 0 Å². The molecular formula is C13H16N2O4. The van der Waals surface area contributed by atoms with Crippen molar-refractivity contribution < 1.29 is 14.8 Å². The lowest BCUT2D eigenvalue weighted by molar-refractivity contribution is -0.385. The van der Waals surface area contributed by atoms with E-state index in [0.717, 1.165) is 0 Å². The minimum absolute atomic E-state index is 0.0697. The van der Waals surface area contributed by atoms with E-state index < -0.39 is 10.9 Å². The molecule has 0 aromatic heterocycles. The first-order chi connectivity index (χ1) is 8.99. The minimum Gasteiger partial charge on any atom is -0.481 e. The molecule has 0 bridgehead atoms. The Labute approximate surface area is 110 Å². The van der Waals surface area contributed by atoms with Crippen LogP contribution in [0.1, 0.15) is 12.5 Å². The molecule has 1 heterocycles. The van der Waals surface area contributed by atoms with Crippen LogP contribution in [-0.2, 0) is 11.3 Å². The number of carbonyl (C=O) groups is 1. The number of aliphatic carboxylic acids is 1. The van der Waals surface area contributed by atoms with Gasteiger partial charge in [0.25, 0.3) is 5.69 Å². The summed E-state index contributed by atoms with van der Waals surface area (Å²) in [5.41, 5.74) is 0.722. The van der Waals surface area contributed by atoms with Crippen molar-refractivity contribution >= 4 is 11.7 Å². The van der Waals surface area contributed by atoms with Crippen molar-refractivity contribution in [2.45, 2.75) is 13.5 Å². The van der Waals surface area contributed by atoms with E-state index in [4.69, 9.17) is 5.11 Å². The lowest BCUT2D eigenvalue weighted by Crippen LogP contribution is -2.23. The maximum atomic E-state index is 11.1. The first kappa shape index (κ1) is 13.5. The molecule has 0 radical (unpaired) electrons. The molecule has 0 amide bonds. The molecule has 6 nitrogen and oxygen atoms in total. The fraction of sp³-hybridized carbons (Fsp3) is 0.462. The van der Waals surface area contributed by atoms with Gasteiger partial charge in [-0.25, -0.2) is 0 Å². The number of nitrogens with zero attached hydrogens (tertiary/aromatic N) is 2. The number of likely N-dealkylation sites (tertiary alicyclic amines) is 1. The van der Waals surface area contributed by atoms with Crippen LogP contribution in [0, 0.1) is 22.0 Å². The summed E-state index contributed by atoms with van der Waals surface area (Å²) in [4.78, 5) is 23.5. The summed E-state index contributed by atoms with van der Waals surface area (Å²) >= 11 is 0. The van der Waals surface area contributed by atoms with E-state index >= 15 is 0 Å². The highest BCUT2D eigenvalue weighted by Crippen LogP contribution is 2.27. The molecular weight excluding hydrogens is 248 g/mol. The zero-order valence-corrected chi connectivity index (χ0v) is 10.7. The zero-order chi connectivity index (χ0) is 14.0. The zero-order valence-electron chi connectivity index (χ0n) is 10.7. The average molecular weight is 264 g/mol. The van der Waals surface area contributed by atoms with Crippen molar-refractivity contribution in [1.82, 2.24) is 4.90 Å². The maximum absolute atomic E-state index is 11.1. The third-order valence-electron chi connectivity index (χ3n) is 3.59. The van der Waals surface area contributed by atoms with Crippen molar-refractivity contribution in [3.05, 3.63) is 39.9 Å². The number of nitro benzene ring substituents is 1. The van der Waals surface area contributed by atoms with Crippen LogP contribution in [0.2, 0.25) is 0 Å². The fourth-order valence-corrected chi connectivity index (χ4v) is 2.58. The Morgan fingerprint density at radius 1 is 1.47 bits per heavy atom. The first-order valence-corrected chi connectivity index (χ1v) is 6.16. The van der Waals surface area contributed by atoms with E-state index in [9.17, 15) is 14.9 Å². The molecule has 1 N–H and O–H groups in total. The second-order valence-corrected chi connectivity index (χ2v) is 5.00. The fourth-order valence-electron chi connectivity index (χ4n) is 2.58. The van der Waals surface area contributed by atoms with Crippen molar-refractivity contribution in [2.24, 2.45) is 11.8 Å². The van der Waals surface area contributed by atoms with E-state index in [1.54, 1.807) is 18.2 Å². The Hall–Kier alpha value is -1.95. The van der Waals surface area contributed by atoms with Gasteiger partial charge in [-0.3, -0.25) is 19.8 Å². The summed E-state index contributed by atoms with van der Waals surface area (Å²) in [6.45, 7) is 3.43. The second-order valence-electron chi connectivity index (χ2n) is 5.00. The number of carboxylic acid groups (broad SMARTS) is 1. The molecule has 1 aliphatic rings. The van der Waals surface area contributed by atoms with E-state index in [1.165, 1.54) is 6.07 Å². The lowest BCUT2D eigenvalue weighted by atomic mass is 9.99. The van der Waals surface area contributed by atoms with Gasteiger partial charge in [-0.1, -0.05) is 25.1 Å². The predicted molar refractivity (Wildman–Crippen MR) is 68.7 cm³/mol. The van der Waals surface area contributed by atoms with Crippen LogP contribution in [0.4, 0.5) is 5.69 Å². The molecule has 2 atom stereocenters. The van der Waals surface area contributed by atoms with Gasteiger partial charge in [-0.2, -0.15) is 0 Å². The second kappa shape index (κ2) is 5.36. The third-order valence-corrected chi connectivity index (χ3v) is 3.59. The van der Waals surface area contributed by atoms with Gasteiger partial charge in [-0.05, 0) is 5.92 Å². The molecule has 1 fully saturated rings. The third kappa shape index (κ3) is 2.90. The van der Waals surface area contributed by atoms with Crippen molar-refractivity contribution in [3.63, 3.8) is 0 Å². The Bertz CT molecular complexity index is 503. The van der Waals surface area contributed by atoms with Gasteiger partial charge in [-0.15, -0.1) is 0 Å². The van der Waals surface area contributed by atoms with Gasteiger partial charge in [0, 0.05) is 31.3 Å². The normalized spacial score (nSPS) is 23.4. The number of hydrogen-bond acceptors (Lipinski definition) is 4. The van der Waals surface area contributed by atoms with Crippen molar-refractivity contribution in [3.8, 4) is 0 Å². The number of hydrogen-bond donors (Lipinski definition) is 1. The van der Waals surface area contributed by atoms with Crippen molar-refractivity contribution in [2.75, 3.05) is 13.1 Å². The first-order valence-electron chi connectivity index (χ1n) is 6.16. The molecule has 19 heavy (non-hydrogen) atoms. The summed E-state index contributed by atoms with van der Waals surface area (Å²) in [5.74, 6) is -1.11. The van der Waals surface area contributed by atoms with Crippen LogP contribution in [0.15, 0.2) is 24.3 Å². The molecule has 1 aliphatic heterocycles. The number of para-hydroxylation sites is 1. The Balaban J connectivity index is 2.11. The number of benzene rings is 1. The number of nitro groups is 1. The summed E-state index contributed by atoms with van der Waals surface area (Å²) < 4.78 is 0. The Morgan fingerprint density at radius 2 is 2.16 bits per heavy atom. The highest BCUT2D eigenvalue weighted by Gasteiger charge is 2.35. The largest absolute Gasteiger partial charge is 0.481 e. The molecule has 1 aromatic carbocycles. The summed E-state index contributed by atoms with van der Waals surface area (Å²) in [6, 6.07) is 6.59. The molecule has 1 saturated heterocycles. The van der Waals surface area contributed by atoms with Crippen molar-refractivity contribution in [1.29, 1.82) is 0 Å². The maximum Gasteiger partial charge on any atom is 0.308 e. The molecule has 0 unspecified atom stereocenters. The molecule has 2 rings (SSSR count). The molecule has 102 valence electrons. The van der Waals surface area contributed by atoms with E-state index in [1.807, 2.05) is 11.8 Å². The summed E-state index contributed by atoms with van der Waals surface area (Å²) in [5, 5.41) is 20.0. The highest BCUT2D eigenvalue weighted by atomic mass is 16.6. The summed E-state index contributed by atoms with van der Waals surface area (Å²) in [7, 11) is 0. The average Bonchev–Trinajstić information content (AvgIpc) is 2.71. The van der Waals surface area contributed by atoms with E-state index in [0.29, 0.717) is 25.2 Å². The molecule has 1 aromatic rings. The Morgan fingerprint density at radius 3 is 2.74 bits per heavy atom. The number of rotatable bonds is 4. The van der Waals surface area contributed by atoms with Gasteiger partial charge in [0.1, 0.15) is 0 Å². The van der Waals surface area contributed by atoms with Crippen LogP contribution in [-0.4, -0.2) is 34.0 Å². The SMILES string of the molecule is C[C@@H]1CN(Cc2ccccc2[N+](=O)[O-])C[C@H]1C(=O)O. The van der Waals surface area contributed by atoms with Gasteiger partial charge in [0.2, 0.25) is 0 Å². The van der Waals surface area contributed by atoms with Gasteiger partial charge < -0.3 is 5.11 Å². The molecule has 6 heteroatoms. The predicted octanol–water partition coefficient (Wildman–Crippen LogP) is 1.75.